The van der Waals surface area contributed by atoms with Crippen LogP contribution in [0.15, 0.2) is 39.9 Å². The van der Waals surface area contributed by atoms with Crippen LogP contribution in [0.3, 0.4) is 0 Å². The lowest BCUT2D eigenvalue weighted by Gasteiger charge is -2.06. The van der Waals surface area contributed by atoms with E-state index in [1.165, 1.54) is 6.33 Å². The van der Waals surface area contributed by atoms with Crippen LogP contribution in [0.25, 0.3) is 0 Å². The number of aromatic amines is 1. The highest BCUT2D eigenvalue weighted by atomic mass is 79.9. The standard InChI is InChI=1S/C10H9BrN4O/c11-8-9(13-5-14-10(8)16)15-7-3-1-2-6(12)4-7/h1-5H,12H2,(H2,13,14,15,16). The van der Waals surface area contributed by atoms with Crippen molar-refractivity contribution >= 4 is 33.1 Å². The zero-order chi connectivity index (χ0) is 11.5. The molecule has 0 bridgehead atoms. The third-order valence-corrected chi connectivity index (χ3v) is 2.68. The molecule has 16 heavy (non-hydrogen) atoms. The highest BCUT2D eigenvalue weighted by Crippen LogP contribution is 2.20. The number of benzene rings is 1. The SMILES string of the molecule is Nc1cccc(Nc2nc[nH]c(=O)c2Br)c1. The lowest BCUT2D eigenvalue weighted by atomic mass is 10.3. The van der Waals surface area contributed by atoms with Gasteiger partial charge in [-0.1, -0.05) is 6.07 Å². The van der Waals surface area contributed by atoms with Gasteiger partial charge in [0.05, 0.1) is 6.33 Å². The number of nitrogen functional groups attached to an aromatic ring is 1. The van der Waals surface area contributed by atoms with Gasteiger partial charge in [0.1, 0.15) is 4.47 Å². The molecule has 0 aliphatic rings. The van der Waals surface area contributed by atoms with E-state index in [2.05, 4.69) is 31.2 Å². The Balaban J connectivity index is 2.34. The predicted molar refractivity (Wildman–Crippen MR) is 66.7 cm³/mol. The molecule has 4 N–H and O–H groups in total. The van der Waals surface area contributed by atoms with Gasteiger partial charge in [0.25, 0.3) is 5.56 Å². The van der Waals surface area contributed by atoms with Crippen molar-refractivity contribution in [3.63, 3.8) is 0 Å². The molecule has 2 aromatic rings. The molecule has 5 nitrogen and oxygen atoms in total. The van der Waals surface area contributed by atoms with E-state index in [-0.39, 0.29) is 5.56 Å². The summed E-state index contributed by atoms with van der Waals surface area (Å²) in [5.41, 5.74) is 6.83. The first-order chi connectivity index (χ1) is 7.66. The number of nitrogens with two attached hydrogens (primary N) is 1. The summed E-state index contributed by atoms with van der Waals surface area (Å²) in [6.45, 7) is 0. The topological polar surface area (TPSA) is 83.8 Å². The van der Waals surface area contributed by atoms with Crippen LogP contribution in [0.5, 0.6) is 0 Å². The van der Waals surface area contributed by atoms with E-state index in [1.54, 1.807) is 12.1 Å². The van der Waals surface area contributed by atoms with Crippen LogP contribution in [0.2, 0.25) is 0 Å². The fraction of sp³-hybridized carbons (Fsp3) is 0. The van der Waals surface area contributed by atoms with Crippen molar-refractivity contribution < 1.29 is 0 Å². The Morgan fingerprint density at radius 3 is 3.00 bits per heavy atom. The molecule has 1 heterocycles. The molecule has 6 heteroatoms. The highest BCUT2D eigenvalue weighted by Gasteiger charge is 2.05. The van der Waals surface area contributed by atoms with Crippen molar-refractivity contribution in [3.8, 4) is 0 Å². The van der Waals surface area contributed by atoms with Crippen LogP contribution in [-0.2, 0) is 0 Å². The highest BCUT2D eigenvalue weighted by molar-refractivity contribution is 9.10. The minimum atomic E-state index is -0.235. The Labute approximate surface area is 99.8 Å². The van der Waals surface area contributed by atoms with E-state index in [0.29, 0.717) is 16.0 Å². The second-order valence-electron chi connectivity index (χ2n) is 3.14. The van der Waals surface area contributed by atoms with Crippen LogP contribution in [0.4, 0.5) is 17.2 Å². The molecule has 0 saturated carbocycles. The van der Waals surface area contributed by atoms with Gasteiger partial charge in [-0.2, -0.15) is 0 Å². The first kappa shape index (κ1) is 10.7. The zero-order valence-corrected chi connectivity index (χ0v) is 9.78. The van der Waals surface area contributed by atoms with Crippen LogP contribution < -0.4 is 16.6 Å². The zero-order valence-electron chi connectivity index (χ0n) is 8.20. The maximum absolute atomic E-state index is 11.3. The molecule has 0 spiro atoms. The molecular formula is C10H9BrN4O. The van der Waals surface area contributed by atoms with E-state index in [1.807, 2.05) is 12.1 Å². The van der Waals surface area contributed by atoms with Crippen molar-refractivity contribution in [1.29, 1.82) is 0 Å². The molecule has 0 aliphatic carbocycles. The van der Waals surface area contributed by atoms with E-state index in [0.717, 1.165) is 5.69 Å². The summed E-state index contributed by atoms with van der Waals surface area (Å²) in [5, 5.41) is 3.00. The largest absolute Gasteiger partial charge is 0.399 e. The molecule has 0 atom stereocenters. The van der Waals surface area contributed by atoms with E-state index in [9.17, 15) is 4.79 Å². The molecule has 2 rings (SSSR count). The molecule has 0 saturated heterocycles. The van der Waals surface area contributed by atoms with Crippen LogP contribution in [-0.4, -0.2) is 9.97 Å². The lowest BCUT2D eigenvalue weighted by molar-refractivity contribution is 1.10. The molecule has 0 aliphatic heterocycles. The normalized spacial score (nSPS) is 10.1. The summed E-state index contributed by atoms with van der Waals surface area (Å²) in [6, 6.07) is 7.20. The first-order valence-electron chi connectivity index (χ1n) is 4.52. The fourth-order valence-corrected chi connectivity index (χ4v) is 1.54. The van der Waals surface area contributed by atoms with Gasteiger partial charge in [0.15, 0.2) is 5.82 Å². The Kier molecular flexibility index (Phi) is 2.91. The molecule has 0 amide bonds. The maximum atomic E-state index is 11.3. The summed E-state index contributed by atoms with van der Waals surface area (Å²) in [6.07, 6.45) is 1.34. The molecule has 0 fully saturated rings. The third-order valence-electron chi connectivity index (χ3n) is 1.95. The summed E-state index contributed by atoms with van der Waals surface area (Å²) in [4.78, 5) is 17.8. The smallest absolute Gasteiger partial charge is 0.267 e. The van der Waals surface area contributed by atoms with Gasteiger partial charge in [-0.15, -0.1) is 0 Å². The number of anilines is 3. The van der Waals surface area contributed by atoms with Gasteiger partial charge in [-0.05, 0) is 34.1 Å². The van der Waals surface area contributed by atoms with Crippen molar-refractivity contribution in [1.82, 2.24) is 9.97 Å². The molecule has 0 radical (unpaired) electrons. The second kappa shape index (κ2) is 4.36. The van der Waals surface area contributed by atoms with E-state index >= 15 is 0 Å². The predicted octanol–water partition coefficient (Wildman–Crippen LogP) is 1.86. The molecule has 1 aromatic heterocycles. The Morgan fingerprint density at radius 1 is 1.44 bits per heavy atom. The number of halogens is 1. The minimum absolute atomic E-state index is 0.235. The minimum Gasteiger partial charge on any atom is -0.399 e. The number of hydrogen-bond donors (Lipinski definition) is 3. The quantitative estimate of drug-likeness (QED) is 0.733. The van der Waals surface area contributed by atoms with Gasteiger partial charge in [0.2, 0.25) is 0 Å². The number of nitrogens with one attached hydrogen (secondary N) is 2. The summed E-state index contributed by atoms with van der Waals surface area (Å²) < 4.78 is 0.359. The Hall–Kier alpha value is -1.82. The van der Waals surface area contributed by atoms with Gasteiger partial charge in [-0.25, -0.2) is 4.98 Å². The van der Waals surface area contributed by atoms with Gasteiger partial charge in [-0.3, -0.25) is 4.79 Å². The monoisotopic (exact) mass is 280 g/mol. The van der Waals surface area contributed by atoms with Crippen molar-refractivity contribution in [2.45, 2.75) is 0 Å². The van der Waals surface area contributed by atoms with Gasteiger partial charge >= 0.3 is 0 Å². The lowest BCUT2D eigenvalue weighted by Crippen LogP contribution is -2.10. The Morgan fingerprint density at radius 2 is 2.25 bits per heavy atom. The molecule has 82 valence electrons. The summed E-state index contributed by atoms with van der Waals surface area (Å²) in [7, 11) is 0. The van der Waals surface area contributed by atoms with Gasteiger partial charge < -0.3 is 16.0 Å². The van der Waals surface area contributed by atoms with Crippen molar-refractivity contribution in [2.75, 3.05) is 11.1 Å². The van der Waals surface area contributed by atoms with Crippen molar-refractivity contribution in [2.24, 2.45) is 0 Å². The average Bonchev–Trinajstić information content (AvgIpc) is 2.25. The number of H-pyrrole nitrogens is 1. The van der Waals surface area contributed by atoms with Gasteiger partial charge in [0, 0.05) is 11.4 Å². The Bertz CT molecular complexity index is 567. The maximum Gasteiger partial charge on any atom is 0.267 e. The fourth-order valence-electron chi connectivity index (χ4n) is 1.22. The third kappa shape index (κ3) is 2.22. The van der Waals surface area contributed by atoms with Crippen LogP contribution in [0.1, 0.15) is 0 Å². The first-order valence-corrected chi connectivity index (χ1v) is 5.32. The molecular weight excluding hydrogens is 272 g/mol. The number of hydrogen-bond acceptors (Lipinski definition) is 4. The number of rotatable bonds is 2. The van der Waals surface area contributed by atoms with Crippen molar-refractivity contribution in [3.05, 3.63) is 45.4 Å². The van der Waals surface area contributed by atoms with E-state index < -0.39 is 0 Å². The molecule has 1 aromatic carbocycles. The number of aromatic nitrogens is 2. The molecule has 0 unspecified atom stereocenters. The van der Waals surface area contributed by atoms with E-state index in [4.69, 9.17) is 5.73 Å². The second-order valence-corrected chi connectivity index (χ2v) is 3.94. The number of nitrogens with zero attached hydrogens (tertiary/aromatic N) is 1. The average molecular weight is 281 g/mol. The summed E-state index contributed by atoms with van der Waals surface area (Å²) in [5.74, 6) is 0.453. The van der Waals surface area contributed by atoms with Crippen LogP contribution in [0, 0.1) is 0 Å². The van der Waals surface area contributed by atoms with Crippen LogP contribution >= 0.6 is 15.9 Å². The summed E-state index contributed by atoms with van der Waals surface area (Å²) >= 11 is 3.16.